The van der Waals surface area contributed by atoms with Crippen molar-refractivity contribution in [3.63, 3.8) is 0 Å². The number of carbonyl (C=O) groups is 2. The van der Waals surface area contributed by atoms with Gasteiger partial charge in [-0.3, -0.25) is 9.59 Å². The summed E-state index contributed by atoms with van der Waals surface area (Å²) in [6.07, 6.45) is 1.97. The van der Waals surface area contributed by atoms with Crippen LogP contribution in [0.3, 0.4) is 0 Å². The molecular weight excluding hydrogens is 306 g/mol. The van der Waals surface area contributed by atoms with E-state index < -0.39 is 0 Å². The van der Waals surface area contributed by atoms with Crippen molar-refractivity contribution in [2.24, 2.45) is 5.92 Å². The third-order valence-electron chi connectivity index (χ3n) is 3.61. The fourth-order valence-electron chi connectivity index (χ4n) is 2.19. The molecule has 1 aliphatic carbocycles. The maximum atomic E-state index is 12.0. The van der Waals surface area contributed by atoms with Gasteiger partial charge in [-0.1, -0.05) is 0 Å². The SMILES string of the molecule is Cl.O=C(Nc1ccc(NC(=O)C2COCCN2)cc1)C1CC1. The van der Waals surface area contributed by atoms with E-state index in [0.717, 1.165) is 18.5 Å². The van der Waals surface area contributed by atoms with E-state index in [-0.39, 0.29) is 36.2 Å². The minimum atomic E-state index is -0.312. The Bertz CT molecular complexity index is 525. The van der Waals surface area contributed by atoms with E-state index in [1.165, 1.54) is 0 Å². The summed E-state index contributed by atoms with van der Waals surface area (Å²) < 4.78 is 5.26. The molecule has 120 valence electrons. The van der Waals surface area contributed by atoms with Gasteiger partial charge in [-0.15, -0.1) is 12.4 Å². The summed E-state index contributed by atoms with van der Waals surface area (Å²) in [6.45, 7) is 1.71. The van der Waals surface area contributed by atoms with Gasteiger partial charge in [0.2, 0.25) is 11.8 Å². The Kier molecular flexibility index (Phi) is 5.76. The van der Waals surface area contributed by atoms with Crippen LogP contribution in [-0.4, -0.2) is 37.6 Å². The predicted molar refractivity (Wildman–Crippen MR) is 86.3 cm³/mol. The van der Waals surface area contributed by atoms with Crippen molar-refractivity contribution in [2.75, 3.05) is 30.4 Å². The summed E-state index contributed by atoms with van der Waals surface area (Å²) in [5, 5.41) is 8.80. The summed E-state index contributed by atoms with van der Waals surface area (Å²) in [5.41, 5.74) is 1.46. The first-order valence-corrected chi connectivity index (χ1v) is 7.25. The minimum Gasteiger partial charge on any atom is -0.378 e. The second-order valence-corrected chi connectivity index (χ2v) is 5.41. The highest BCUT2D eigenvalue weighted by Gasteiger charge is 2.29. The van der Waals surface area contributed by atoms with Gasteiger partial charge >= 0.3 is 0 Å². The van der Waals surface area contributed by atoms with Crippen molar-refractivity contribution in [1.82, 2.24) is 5.32 Å². The third kappa shape index (κ3) is 4.43. The molecular formula is C15H20ClN3O3. The number of nitrogens with one attached hydrogen (secondary N) is 3. The molecule has 0 radical (unpaired) electrons. The standard InChI is InChI=1S/C15H19N3O3.ClH/c19-14(10-1-2-10)17-11-3-5-12(6-4-11)18-15(20)13-9-21-8-7-16-13;/h3-6,10,13,16H,1-2,7-9H2,(H,17,19)(H,18,20);1H. The molecule has 3 N–H and O–H groups in total. The lowest BCUT2D eigenvalue weighted by atomic mass is 10.2. The normalized spacial score (nSPS) is 20.6. The molecule has 0 aromatic heterocycles. The molecule has 22 heavy (non-hydrogen) atoms. The first-order chi connectivity index (χ1) is 10.2. The quantitative estimate of drug-likeness (QED) is 0.781. The average Bonchev–Trinajstić information content (AvgIpc) is 3.35. The van der Waals surface area contributed by atoms with Crippen LogP contribution in [0.5, 0.6) is 0 Å². The fraction of sp³-hybridized carbons (Fsp3) is 0.467. The highest BCUT2D eigenvalue weighted by molar-refractivity contribution is 5.96. The van der Waals surface area contributed by atoms with Crippen molar-refractivity contribution < 1.29 is 14.3 Å². The highest BCUT2D eigenvalue weighted by Crippen LogP contribution is 2.30. The second-order valence-electron chi connectivity index (χ2n) is 5.41. The van der Waals surface area contributed by atoms with Gasteiger partial charge in [0, 0.05) is 23.8 Å². The number of morpholine rings is 1. The van der Waals surface area contributed by atoms with E-state index in [1.807, 2.05) is 0 Å². The first kappa shape index (κ1) is 16.7. The van der Waals surface area contributed by atoms with E-state index in [9.17, 15) is 9.59 Å². The molecule has 1 unspecified atom stereocenters. The lowest BCUT2D eigenvalue weighted by Gasteiger charge is -2.22. The number of hydrogen-bond acceptors (Lipinski definition) is 4. The lowest BCUT2D eigenvalue weighted by Crippen LogP contribution is -2.48. The van der Waals surface area contributed by atoms with Crippen LogP contribution in [0.1, 0.15) is 12.8 Å². The minimum absolute atomic E-state index is 0. The molecule has 1 aromatic carbocycles. The van der Waals surface area contributed by atoms with Gasteiger partial charge in [0.1, 0.15) is 6.04 Å². The first-order valence-electron chi connectivity index (χ1n) is 7.25. The van der Waals surface area contributed by atoms with Gasteiger partial charge < -0.3 is 20.7 Å². The summed E-state index contributed by atoms with van der Waals surface area (Å²) in [5.74, 6) is 0.154. The molecule has 2 aliphatic rings. The monoisotopic (exact) mass is 325 g/mol. The van der Waals surface area contributed by atoms with Gasteiger partial charge in [-0.05, 0) is 37.1 Å². The Morgan fingerprint density at radius 2 is 1.64 bits per heavy atom. The number of anilines is 2. The molecule has 1 saturated heterocycles. The third-order valence-corrected chi connectivity index (χ3v) is 3.61. The number of hydrogen-bond donors (Lipinski definition) is 3. The topological polar surface area (TPSA) is 79.5 Å². The predicted octanol–water partition coefficient (Wildman–Crippen LogP) is 1.38. The van der Waals surface area contributed by atoms with Crippen molar-refractivity contribution >= 4 is 35.6 Å². The van der Waals surface area contributed by atoms with E-state index in [0.29, 0.717) is 25.4 Å². The summed E-state index contributed by atoms with van der Waals surface area (Å²) in [7, 11) is 0. The zero-order chi connectivity index (χ0) is 14.7. The van der Waals surface area contributed by atoms with Crippen LogP contribution in [0.4, 0.5) is 11.4 Å². The van der Waals surface area contributed by atoms with Gasteiger partial charge in [-0.2, -0.15) is 0 Å². The van der Waals surface area contributed by atoms with Crippen LogP contribution in [0.2, 0.25) is 0 Å². The van der Waals surface area contributed by atoms with Crippen molar-refractivity contribution in [2.45, 2.75) is 18.9 Å². The molecule has 6 nitrogen and oxygen atoms in total. The highest BCUT2D eigenvalue weighted by atomic mass is 35.5. The number of halogens is 1. The summed E-state index contributed by atoms with van der Waals surface area (Å²) in [6, 6.07) is 6.84. The van der Waals surface area contributed by atoms with Crippen molar-refractivity contribution in [3.05, 3.63) is 24.3 Å². The number of amides is 2. The number of benzene rings is 1. The molecule has 1 saturated carbocycles. The average molecular weight is 326 g/mol. The Balaban J connectivity index is 0.00000176. The van der Waals surface area contributed by atoms with Crippen LogP contribution in [0.25, 0.3) is 0 Å². The van der Waals surface area contributed by atoms with Crippen LogP contribution in [0.15, 0.2) is 24.3 Å². The van der Waals surface area contributed by atoms with E-state index in [1.54, 1.807) is 24.3 Å². The molecule has 0 spiro atoms. The molecule has 1 aromatic rings. The van der Waals surface area contributed by atoms with Crippen molar-refractivity contribution in [1.29, 1.82) is 0 Å². The Hall–Kier alpha value is -1.63. The van der Waals surface area contributed by atoms with Crippen LogP contribution in [0, 0.1) is 5.92 Å². The van der Waals surface area contributed by atoms with Gasteiger partial charge in [0.25, 0.3) is 0 Å². The van der Waals surface area contributed by atoms with Gasteiger partial charge in [-0.25, -0.2) is 0 Å². The summed E-state index contributed by atoms with van der Waals surface area (Å²) >= 11 is 0. The number of rotatable bonds is 4. The molecule has 2 amide bonds. The van der Waals surface area contributed by atoms with Crippen LogP contribution >= 0.6 is 12.4 Å². The zero-order valence-electron chi connectivity index (χ0n) is 12.1. The molecule has 1 atom stereocenters. The summed E-state index contributed by atoms with van der Waals surface area (Å²) in [4.78, 5) is 23.6. The van der Waals surface area contributed by atoms with Gasteiger partial charge in [0.15, 0.2) is 0 Å². The molecule has 1 aliphatic heterocycles. The second kappa shape index (κ2) is 7.58. The number of carbonyl (C=O) groups excluding carboxylic acids is 2. The Morgan fingerprint density at radius 1 is 1.05 bits per heavy atom. The van der Waals surface area contributed by atoms with E-state index in [4.69, 9.17) is 4.74 Å². The Morgan fingerprint density at radius 3 is 2.14 bits per heavy atom. The molecule has 3 rings (SSSR count). The molecule has 2 fully saturated rings. The molecule has 7 heteroatoms. The van der Waals surface area contributed by atoms with E-state index >= 15 is 0 Å². The fourth-order valence-corrected chi connectivity index (χ4v) is 2.19. The van der Waals surface area contributed by atoms with E-state index in [2.05, 4.69) is 16.0 Å². The zero-order valence-corrected chi connectivity index (χ0v) is 12.9. The lowest BCUT2D eigenvalue weighted by molar-refractivity contribution is -0.121. The largest absolute Gasteiger partial charge is 0.378 e. The van der Waals surface area contributed by atoms with Crippen LogP contribution < -0.4 is 16.0 Å². The smallest absolute Gasteiger partial charge is 0.243 e. The molecule has 0 bridgehead atoms. The van der Waals surface area contributed by atoms with Crippen LogP contribution in [-0.2, 0) is 14.3 Å². The van der Waals surface area contributed by atoms with Crippen molar-refractivity contribution in [3.8, 4) is 0 Å². The number of ether oxygens (including phenoxy) is 1. The van der Waals surface area contributed by atoms with Gasteiger partial charge in [0.05, 0.1) is 13.2 Å². The maximum absolute atomic E-state index is 12.0. The Labute approximate surface area is 135 Å². The molecule has 1 heterocycles. The maximum Gasteiger partial charge on any atom is 0.243 e.